The Morgan fingerprint density at radius 3 is 2.57 bits per heavy atom. The summed E-state index contributed by atoms with van der Waals surface area (Å²) in [7, 11) is 1.26. The summed E-state index contributed by atoms with van der Waals surface area (Å²) in [6, 6.07) is 2.08. The van der Waals surface area contributed by atoms with Gasteiger partial charge in [0.15, 0.2) is 6.04 Å². The molecule has 0 N–H and O–H groups in total. The van der Waals surface area contributed by atoms with Gasteiger partial charge in [-0.15, -0.1) is 0 Å². The molecule has 1 heterocycles. The van der Waals surface area contributed by atoms with Crippen molar-refractivity contribution >= 4 is 11.9 Å². The molecule has 0 unspecified atom stereocenters. The average Bonchev–Trinajstić information content (AvgIpc) is 3.53. The van der Waals surface area contributed by atoms with E-state index in [-0.39, 0.29) is 12.3 Å². The van der Waals surface area contributed by atoms with Crippen molar-refractivity contribution in [2.24, 2.45) is 5.92 Å². The topological polar surface area (TPSA) is 65.1 Å². The summed E-state index contributed by atoms with van der Waals surface area (Å²) in [4.78, 5) is 26.5. The quantitative estimate of drug-likeness (QED) is 0.652. The molecule has 7 heteroatoms. The van der Waals surface area contributed by atoms with Gasteiger partial charge in [-0.25, -0.2) is 9.18 Å². The summed E-state index contributed by atoms with van der Waals surface area (Å²) < 4.78 is 31.3. The third kappa shape index (κ3) is 4.31. The van der Waals surface area contributed by atoms with Gasteiger partial charge in [0.2, 0.25) is 0 Å². The van der Waals surface area contributed by atoms with E-state index in [1.807, 2.05) is 0 Å². The van der Waals surface area contributed by atoms with Gasteiger partial charge < -0.3 is 14.2 Å². The highest BCUT2D eigenvalue weighted by atomic mass is 19.1. The van der Waals surface area contributed by atoms with Gasteiger partial charge in [0.05, 0.1) is 25.4 Å². The van der Waals surface area contributed by atoms with Gasteiger partial charge in [0.1, 0.15) is 18.3 Å². The Morgan fingerprint density at radius 2 is 1.90 bits per heavy atom. The number of halogens is 1. The number of ether oxygens (including phenoxy) is 3. The molecular formula is C23H30FNO5. The zero-order chi connectivity index (χ0) is 21.3. The van der Waals surface area contributed by atoms with Crippen LogP contribution in [-0.4, -0.2) is 49.4 Å². The molecule has 0 aromatic heterocycles. The molecule has 2 atom stereocenters. The number of hydrogen-bond acceptors (Lipinski definition) is 5. The molecule has 3 fully saturated rings. The monoisotopic (exact) mass is 419 g/mol. The molecule has 1 aliphatic heterocycles. The maximum Gasteiger partial charge on any atom is 0.331 e. The molecule has 1 amide bonds. The maximum absolute atomic E-state index is 15.0. The minimum Gasteiger partial charge on any atom is -0.493 e. The Balaban J connectivity index is 1.55. The molecule has 164 valence electrons. The molecular weight excluding hydrogens is 389 g/mol. The highest BCUT2D eigenvalue weighted by molar-refractivity contribution is 5.97. The smallest absolute Gasteiger partial charge is 0.331 e. The first-order chi connectivity index (χ1) is 14.5. The number of esters is 1. The van der Waals surface area contributed by atoms with E-state index in [4.69, 9.17) is 14.2 Å². The van der Waals surface area contributed by atoms with Crippen LogP contribution in [0.5, 0.6) is 5.75 Å². The Bertz CT molecular complexity index is 803. The Hall–Kier alpha value is -2.15. The first-order valence-corrected chi connectivity index (χ1v) is 11.0. The lowest BCUT2D eigenvalue weighted by Gasteiger charge is -2.24. The maximum atomic E-state index is 15.0. The summed E-state index contributed by atoms with van der Waals surface area (Å²) in [5.74, 6) is -0.404. The Labute approximate surface area is 176 Å². The van der Waals surface area contributed by atoms with Crippen molar-refractivity contribution in [2.45, 2.75) is 69.9 Å². The molecule has 6 nitrogen and oxygen atoms in total. The van der Waals surface area contributed by atoms with Crippen molar-refractivity contribution in [3.63, 3.8) is 0 Å². The van der Waals surface area contributed by atoms with E-state index >= 15 is 4.39 Å². The third-order valence-electron chi connectivity index (χ3n) is 6.51. The van der Waals surface area contributed by atoms with Crippen molar-refractivity contribution in [2.75, 3.05) is 20.4 Å². The lowest BCUT2D eigenvalue weighted by molar-refractivity contribution is -0.145. The zero-order valence-electron chi connectivity index (χ0n) is 17.7. The normalized spacial score (nSPS) is 24.7. The van der Waals surface area contributed by atoms with Crippen LogP contribution in [-0.2, 0) is 14.3 Å². The zero-order valence-corrected chi connectivity index (χ0v) is 17.7. The summed E-state index contributed by atoms with van der Waals surface area (Å²) in [5.41, 5.74) is 0.840. The highest BCUT2D eigenvalue weighted by Gasteiger charge is 2.42. The number of amides is 1. The first kappa shape index (κ1) is 21.1. The van der Waals surface area contributed by atoms with E-state index in [0.717, 1.165) is 31.2 Å². The minimum atomic E-state index is -0.881. The van der Waals surface area contributed by atoms with Crippen molar-refractivity contribution in [1.82, 2.24) is 4.90 Å². The minimum absolute atomic E-state index is 0.0477. The van der Waals surface area contributed by atoms with Crippen LogP contribution in [0.1, 0.15) is 73.7 Å². The fourth-order valence-electron chi connectivity index (χ4n) is 4.54. The number of rotatable bonds is 6. The van der Waals surface area contributed by atoms with Crippen LogP contribution in [0.15, 0.2) is 12.1 Å². The van der Waals surface area contributed by atoms with Crippen LogP contribution in [0.2, 0.25) is 0 Å². The van der Waals surface area contributed by atoms with E-state index in [1.54, 1.807) is 13.0 Å². The number of nitrogens with zero attached hydrogens (tertiary/aromatic N) is 1. The molecule has 30 heavy (non-hydrogen) atoms. The van der Waals surface area contributed by atoms with E-state index in [2.05, 4.69) is 0 Å². The number of hydrogen-bond donors (Lipinski definition) is 0. The fourth-order valence-corrected chi connectivity index (χ4v) is 4.54. The van der Waals surface area contributed by atoms with Crippen molar-refractivity contribution < 1.29 is 28.2 Å². The molecule has 4 rings (SSSR count). The van der Waals surface area contributed by atoms with Crippen LogP contribution < -0.4 is 4.74 Å². The predicted octanol–water partition coefficient (Wildman–Crippen LogP) is 4.02. The molecule has 3 aliphatic rings. The fraction of sp³-hybridized carbons (Fsp3) is 0.652. The van der Waals surface area contributed by atoms with Crippen LogP contribution in [0, 0.1) is 11.7 Å². The lowest BCUT2D eigenvalue weighted by Crippen LogP contribution is -2.45. The molecule has 1 saturated heterocycles. The number of carbonyl (C=O) groups excluding carboxylic acids is 2. The summed E-state index contributed by atoms with van der Waals surface area (Å²) >= 11 is 0. The standard InChI is InChI=1S/C23H30FNO5/c1-14-21(23(27)28-2)25(13-30-14)22(26)18-10-17(16-8-9-16)20(11-19(18)24)29-12-15-6-4-3-5-7-15/h10-11,14-16,21H,3-9,12-13H2,1-2H3/t14-,21+/m1/s1. The second kappa shape index (κ2) is 8.92. The average molecular weight is 419 g/mol. The molecule has 0 bridgehead atoms. The van der Waals surface area contributed by atoms with E-state index in [1.165, 1.54) is 37.3 Å². The van der Waals surface area contributed by atoms with E-state index < -0.39 is 29.8 Å². The molecule has 1 aromatic carbocycles. The first-order valence-electron chi connectivity index (χ1n) is 11.0. The van der Waals surface area contributed by atoms with E-state index in [0.29, 0.717) is 24.2 Å². The van der Waals surface area contributed by atoms with Crippen LogP contribution in [0.3, 0.4) is 0 Å². The Kier molecular flexibility index (Phi) is 6.27. The van der Waals surface area contributed by atoms with Crippen LogP contribution in [0.4, 0.5) is 4.39 Å². The van der Waals surface area contributed by atoms with Gasteiger partial charge >= 0.3 is 5.97 Å². The van der Waals surface area contributed by atoms with Gasteiger partial charge in [0.25, 0.3) is 5.91 Å². The third-order valence-corrected chi connectivity index (χ3v) is 6.51. The molecule has 2 saturated carbocycles. The largest absolute Gasteiger partial charge is 0.493 e. The van der Waals surface area contributed by atoms with Gasteiger partial charge in [-0.1, -0.05) is 19.3 Å². The summed E-state index contributed by atoms with van der Waals surface area (Å²) in [5, 5.41) is 0. The molecule has 0 spiro atoms. The van der Waals surface area contributed by atoms with Gasteiger partial charge in [-0.05, 0) is 56.1 Å². The number of carbonyl (C=O) groups is 2. The van der Waals surface area contributed by atoms with Gasteiger partial charge in [-0.3, -0.25) is 9.69 Å². The second-order valence-electron chi connectivity index (χ2n) is 8.70. The second-order valence-corrected chi connectivity index (χ2v) is 8.70. The van der Waals surface area contributed by atoms with E-state index in [9.17, 15) is 9.59 Å². The SMILES string of the molecule is COC(=O)[C@@H]1[C@@H](C)OCN1C(=O)c1cc(C2CC2)c(OCC2CCCCC2)cc1F. The van der Waals surface area contributed by atoms with Crippen molar-refractivity contribution in [3.8, 4) is 5.75 Å². The Morgan fingerprint density at radius 1 is 1.17 bits per heavy atom. The van der Waals surface area contributed by atoms with Crippen molar-refractivity contribution in [3.05, 3.63) is 29.1 Å². The van der Waals surface area contributed by atoms with Crippen LogP contribution in [0.25, 0.3) is 0 Å². The number of benzene rings is 1. The predicted molar refractivity (Wildman–Crippen MR) is 108 cm³/mol. The summed E-state index contributed by atoms with van der Waals surface area (Å²) in [6.45, 7) is 2.22. The van der Waals surface area contributed by atoms with Gasteiger partial charge in [0, 0.05) is 6.07 Å². The van der Waals surface area contributed by atoms with Crippen molar-refractivity contribution in [1.29, 1.82) is 0 Å². The summed E-state index contributed by atoms with van der Waals surface area (Å²) in [6.07, 6.45) is 7.54. The van der Waals surface area contributed by atoms with Crippen LogP contribution >= 0.6 is 0 Å². The molecule has 1 aromatic rings. The lowest BCUT2D eigenvalue weighted by atomic mass is 9.90. The number of methoxy groups -OCH3 is 1. The highest BCUT2D eigenvalue weighted by Crippen LogP contribution is 2.45. The molecule has 0 radical (unpaired) electrons. The molecule has 2 aliphatic carbocycles. The van der Waals surface area contributed by atoms with Gasteiger partial charge in [-0.2, -0.15) is 0 Å².